The highest BCUT2D eigenvalue weighted by atomic mass is 79.9. The third-order valence-corrected chi connectivity index (χ3v) is 8.27. The van der Waals surface area contributed by atoms with Gasteiger partial charge in [-0.3, -0.25) is 9.69 Å². The Hall–Kier alpha value is -3.48. The standard InChI is InChI=1S/C29H29BrF3N5O3/c1-17-15-36(24(16-39)21-6-4-5-7-23(21)30)12-13-37(17)28(40)22-14-34-38-26(29(31,32)33)18(2)25(35-27(22)38)19-8-10-20(41-3)11-9-19/h4-11,14,17,24,39H,12-13,15-16H2,1-3H3/t17-,24-/m1/s1. The molecule has 2 aromatic heterocycles. The van der Waals surface area contributed by atoms with Crippen LogP contribution in [0, 0.1) is 6.92 Å². The maximum absolute atomic E-state index is 14.3. The van der Waals surface area contributed by atoms with Crippen molar-refractivity contribution in [2.75, 3.05) is 33.4 Å². The average Bonchev–Trinajstić information content (AvgIpc) is 3.36. The molecule has 1 saturated heterocycles. The van der Waals surface area contributed by atoms with Gasteiger partial charge >= 0.3 is 6.18 Å². The molecule has 0 bridgehead atoms. The van der Waals surface area contributed by atoms with Gasteiger partial charge < -0.3 is 14.7 Å². The molecule has 1 amide bonds. The fourth-order valence-corrected chi connectivity index (χ4v) is 6.02. The number of hydrogen-bond acceptors (Lipinski definition) is 6. The van der Waals surface area contributed by atoms with Crippen LogP contribution in [0.3, 0.4) is 0 Å². The topological polar surface area (TPSA) is 83.2 Å². The number of fused-ring (bicyclic) bond motifs is 1. The molecule has 216 valence electrons. The van der Waals surface area contributed by atoms with E-state index in [2.05, 4.69) is 30.9 Å². The maximum atomic E-state index is 14.3. The predicted octanol–water partition coefficient (Wildman–Crippen LogP) is 5.37. The molecule has 1 aliphatic heterocycles. The van der Waals surface area contributed by atoms with Gasteiger partial charge in [0.15, 0.2) is 11.3 Å². The van der Waals surface area contributed by atoms with E-state index >= 15 is 0 Å². The normalized spacial score (nSPS) is 17.2. The van der Waals surface area contributed by atoms with Gasteiger partial charge in [-0.1, -0.05) is 34.1 Å². The molecule has 5 rings (SSSR count). The second-order valence-corrected chi connectivity index (χ2v) is 10.9. The molecular weight excluding hydrogens is 603 g/mol. The second-order valence-electron chi connectivity index (χ2n) is 10.0. The molecule has 0 saturated carbocycles. The number of ether oxygens (including phenoxy) is 1. The monoisotopic (exact) mass is 631 g/mol. The van der Waals surface area contributed by atoms with Crippen molar-refractivity contribution in [1.82, 2.24) is 24.4 Å². The van der Waals surface area contributed by atoms with Gasteiger partial charge in [0.05, 0.1) is 31.6 Å². The minimum Gasteiger partial charge on any atom is -0.497 e. The zero-order valence-corrected chi connectivity index (χ0v) is 24.3. The Morgan fingerprint density at radius 3 is 2.49 bits per heavy atom. The first-order valence-electron chi connectivity index (χ1n) is 13.0. The van der Waals surface area contributed by atoms with Crippen LogP contribution in [0.15, 0.2) is 59.2 Å². The van der Waals surface area contributed by atoms with Crippen LogP contribution in [0.5, 0.6) is 5.75 Å². The zero-order valence-electron chi connectivity index (χ0n) is 22.7. The number of methoxy groups -OCH3 is 1. The number of alkyl halides is 3. The molecule has 4 aromatic rings. The van der Waals surface area contributed by atoms with E-state index in [0.29, 0.717) is 35.5 Å². The van der Waals surface area contributed by atoms with E-state index in [1.165, 1.54) is 14.0 Å². The van der Waals surface area contributed by atoms with Gasteiger partial charge in [-0.15, -0.1) is 0 Å². The third kappa shape index (κ3) is 5.43. The van der Waals surface area contributed by atoms with Crippen LogP contribution in [-0.2, 0) is 6.18 Å². The molecular formula is C29H29BrF3N5O3. The summed E-state index contributed by atoms with van der Waals surface area (Å²) in [6, 6.07) is 13.7. The number of nitrogens with zero attached hydrogens (tertiary/aromatic N) is 5. The molecule has 8 nitrogen and oxygen atoms in total. The van der Waals surface area contributed by atoms with Crippen LogP contribution in [0.2, 0.25) is 0 Å². The fourth-order valence-electron chi connectivity index (χ4n) is 5.47. The average molecular weight is 632 g/mol. The van der Waals surface area contributed by atoms with Gasteiger partial charge in [-0.2, -0.15) is 18.3 Å². The van der Waals surface area contributed by atoms with Crippen LogP contribution in [0.1, 0.15) is 40.1 Å². The predicted molar refractivity (Wildman–Crippen MR) is 151 cm³/mol. The third-order valence-electron chi connectivity index (χ3n) is 7.54. The molecule has 1 aliphatic rings. The van der Waals surface area contributed by atoms with Gasteiger partial charge in [0, 0.05) is 41.3 Å². The van der Waals surface area contributed by atoms with Crippen LogP contribution in [0.25, 0.3) is 16.9 Å². The Morgan fingerprint density at radius 2 is 1.88 bits per heavy atom. The summed E-state index contributed by atoms with van der Waals surface area (Å²) in [7, 11) is 1.50. The smallest absolute Gasteiger partial charge is 0.433 e. The molecule has 12 heteroatoms. The number of carbonyl (C=O) groups excluding carboxylic acids is 1. The number of aliphatic hydroxyl groups is 1. The van der Waals surface area contributed by atoms with Crippen molar-refractivity contribution in [2.45, 2.75) is 32.1 Å². The molecule has 41 heavy (non-hydrogen) atoms. The Balaban J connectivity index is 1.49. The number of rotatable bonds is 6. The minimum absolute atomic E-state index is 0.00456. The molecule has 2 atom stereocenters. The molecule has 2 aromatic carbocycles. The van der Waals surface area contributed by atoms with Crippen molar-refractivity contribution in [1.29, 1.82) is 0 Å². The van der Waals surface area contributed by atoms with Gasteiger partial charge in [0.2, 0.25) is 0 Å². The van der Waals surface area contributed by atoms with Crippen LogP contribution >= 0.6 is 15.9 Å². The number of halogens is 4. The molecule has 0 aliphatic carbocycles. The molecule has 0 radical (unpaired) electrons. The first-order chi connectivity index (χ1) is 19.5. The summed E-state index contributed by atoms with van der Waals surface area (Å²) in [6.07, 6.45) is -3.57. The summed E-state index contributed by atoms with van der Waals surface area (Å²) in [4.78, 5) is 22.1. The van der Waals surface area contributed by atoms with Crippen molar-refractivity contribution in [3.8, 4) is 17.0 Å². The van der Waals surface area contributed by atoms with E-state index in [0.717, 1.165) is 16.2 Å². The summed E-state index contributed by atoms with van der Waals surface area (Å²) in [5.41, 5.74) is 0.268. The van der Waals surface area contributed by atoms with Gasteiger partial charge in [0.1, 0.15) is 11.3 Å². The number of amides is 1. The lowest BCUT2D eigenvalue weighted by Crippen LogP contribution is -2.55. The quantitative estimate of drug-likeness (QED) is 0.308. The molecule has 3 heterocycles. The Labute approximate surface area is 243 Å². The number of hydrogen-bond donors (Lipinski definition) is 1. The lowest BCUT2D eigenvalue weighted by molar-refractivity contribution is -0.143. The molecule has 0 spiro atoms. The highest BCUT2D eigenvalue weighted by Crippen LogP contribution is 2.37. The summed E-state index contributed by atoms with van der Waals surface area (Å²) >= 11 is 3.55. The first kappa shape index (κ1) is 29.0. The second kappa shape index (κ2) is 11.4. The van der Waals surface area contributed by atoms with E-state index in [4.69, 9.17) is 4.74 Å². The maximum Gasteiger partial charge on any atom is 0.433 e. The van der Waals surface area contributed by atoms with Gasteiger partial charge in [-0.25, -0.2) is 9.50 Å². The first-order valence-corrected chi connectivity index (χ1v) is 13.8. The summed E-state index contributed by atoms with van der Waals surface area (Å²) < 4.78 is 49.7. The van der Waals surface area contributed by atoms with Crippen molar-refractivity contribution >= 4 is 27.5 Å². The molecule has 1 N–H and O–H groups in total. The summed E-state index contributed by atoms with van der Waals surface area (Å²) in [5.74, 6) is 0.110. The van der Waals surface area contributed by atoms with E-state index < -0.39 is 17.8 Å². The number of piperazine rings is 1. The largest absolute Gasteiger partial charge is 0.497 e. The van der Waals surface area contributed by atoms with E-state index in [1.807, 2.05) is 31.2 Å². The highest BCUT2D eigenvalue weighted by molar-refractivity contribution is 9.10. The van der Waals surface area contributed by atoms with Crippen molar-refractivity contribution in [3.63, 3.8) is 0 Å². The van der Waals surface area contributed by atoms with E-state index in [9.17, 15) is 23.1 Å². The zero-order chi connectivity index (χ0) is 29.5. The number of benzene rings is 2. The van der Waals surface area contributed by atoms with Crippen molar-refractivity contribution in [2.24, 2.45) is 0 Å². The number of carbonyl (C=O) groups is 1. The number of aromatic nitrogens is 3. The summed E-state index contributed by atoms with van der Waals surface area (Å²) in [5, 5.41) is 14.2. The lowest BCUT2D eigenvalue weighted by Gasteiger charge is -2.43. The Kier molecular flexibility index (Phi) is 8.09. The van der Waals surface area contributed by atoms with E-state index in [-0.39, 0.29) is 41.2 Å². The molecule has 0 unspecified atom stereocenters. The SMILES string of the molecule is COc1ccc(-c2nc3c(C(=O)N4CCN([C@H](CO)c5ccccc5Br)C[C@H]4C)cnn3c(C(F)(F)F)c2C)cc1. The summed E-state index contributed by atoms with van der Waals surface area (Å²) in [6.45, 7) is 4.39. The van der Waals surface area contributed by atoms with Crippen LogP contribution < -0.4 is 4.74 Å². The van der Waals surface area contributed by atoms with Crippen molar-refractivity contribution in [3.05, 3.63) is 81.6 Å². The highest BCUT2D eigenvalue weighted by Gasteiger charge is 2.40. The Bertz CT molecular complexity index is 1570. The molecule has 1 fully saturated rings. The van der Waals surface area contributed by atoms with Gasteiger partial charge in [-0.05, 0) is 49.7 Å². The van der Waals surface area contributed by atoms with Crippen LogP contribution in [-0.4, -0.2) is 74.8 Å². The van der Waals surface area contributed by atoms with Gasteiger partial charge in [0.25, 0.3) is 5.91 Å². The van der Waals surface area contributed by atoms with Crippen LogP contribution in [0.4, 0.5) is 13.2 Å². The van der Waals surface area contributed by atoms with E-state index in [1.54, 1.807) is 29.2 Å². The fraction of sp³-hybridized carbons (Fsp3) is 0.345. The number of aliphatic hydroxyl groups excluding tert-OH is 1. The lowest BCUT2D eigenvalue weighted by atomic mass is 10.0. The van der Waals surface area contributed by atoms with Crippen molar-refractivity contribution < 1.29 is 27.8 Å². The Morgan fingerprint density at radius 1 is 1.17 bits per heavy atom. The minimum atomic E-state index is -4.73.